The van der Waals surface area contributed by atoms with Gasteiger partial charge in [0, 0.05) is 17.5 Å². The van der Waals surface area contributed by atoms with E-state index in [1.165, 1.54) is 6.92 Å². The molecule has 3 atom stereocenters. The van der Waals surface area contributed by atoms with Crippen molar-refractivity contribution in [1.29, 1.82) is 0 Å². The van der Waals surface area contributed by atoms with Gasteiger partial charge in [-0.2, -0.15) is 0 Å². The van der Waals surface area contributed by atoms with Crippen molar-refractivity contribution >= 4 is 29.4 Å². The molecule has 3 amide bonds. The van der Waals surface area contributed by atoms with Crippen LogP contribution < -0.4 is 10.1 Å². The van der Waals surface area contributed by atoms with E-state index in [2.05, 4.69) is 5.32 Å². The Labute approximate surface area is 225 Å². The zero-order chi connectivity index (χ0) is 27.3. The number of carbonyl (C=O) groups excluding carboxylic acids is 4. The van der Waals surface area contributed by atoms with Crippen molar-refractivity contribution in [2.75, 3.05) is 18.5 Å². The maximum Gasteiger partial charge on any atom is 0.329 e. The van der Waals surface area contributed by atoms with Crippen LogP contribution in [0.5, 0.6) is 5.75 Å². The summed E-state index contributed by atoms with van der Waals surface area (Å²) < 4.78 is 10.6. The Morgan fingerprint density at radius 2 is 1.31 bits per heavy atom. The summed E-state index contributed by atoms with van der Waals surface area (Å²) in [5, 5.41) is 2.65. The molecule has 2 bridgehead atoms. The van der Waals surface area contributed by atoms with Gasteiger partial charge in [-0.3, -0.25) is 19.3 Å². The first-order chi connectivity index (χ1) is 18.9. The fourth-order valence-electron chi connectivity index (χ4n) is 6.44. The number of nitrogens with one attached hydrogen (secondary N) is 1. The van der Waals surface area contributed by atoms with Gasteiger partial charge >= 0.3 is 5.97 Å². The van der Waals surface area contributed by atoms with Crippen molar-refractivity contribution in [2.24, 2.45) is 11.8 Å². The molecule has 0 saturated carbocycles. The molecule has 8 heteroatoms. The summed E-state index contributed by atoms with van der Waals surface area (Å²) in [6, 6.07) is 21.6. The second-order valence-corrected chi connectivity index (χ2v) is 10.1. The van der Waals surface area contributed by atoms with Crippen molar-refractivity contribution in [3.8, 4) is 5.75 Å². The van der Waals surface area contributed by atoms with Gasteiger partial charge in [0.05, 0.1) is 18.4 Å². The molecule has 3 aromatic carbocycles. The van der Waals surface area contributed by atoms with E-state index in [4.69, 9.17) is 9.47 Å². The molecule has 3 aliphatic carbocycles. The van der Waals surface area contributed by atoms with Crippen molar-refractivity contribution < 1.29 is 28.7 Å². The van der Waals surface area contributed by atoms with Crippen LogP contribution in [0.4, 0.5) is 5.69 Å². The van der Waals surface area contributed by atoms with E-state index < -0.39 is 36.4 Å². The predicted octanol–water partition coefficient (Wildman–Crippen LogP) is 3.85. The number of nitrogens with zero attached hydrogens (tertiary/aromatic N) is 1. The average Bonchev–Trinajstić information content (AvgIpc) is 3.22. The van der Waals surface area contributed by atoms with E-state index >= 15 is 0 Å². The Morgan fingerprint density at radius 1 is 0.821 bits per heavy atom. The number of imide groups is 1. The molecule has 3 aromatic rings. The van der Waals surface area contributed by atoms with Crippen LogP contribution in [0, 0.1) is 11.8 Å². The molecular weight excluding hydrogens is 496 g/mol. The van der Waals surface area contributed by atoms with E-state index in [0.717, 1.165) is 27.2 Å². The van der Waals surface area contributed by atoms with Crippen LogP contribution >= 0.6 is 0 Å². The lowest BCUT2D eigenvalue weighted by atomic mass is 9.55. The maximum absolute atomic E-state index is 13.8. The minimum atomic E-state index is -1.15. The normalized spacial score (nSPS) is 23.0. The molecule has 1 saturated heterocycles. The quantitative estimate of drug-likeness (QED) is 0.372. The molecule has 8 nitrogen and oxygen atoms in total. The van der Waals surface area contributed by atoms with E-state index in [1.54, 1.807) is 24.3 Å². The van der Waals surface area contributed by atoms with Crippen molar-refractivity contribution in [1.82, 2.24) is 4.90 Å². The summed E-state index contributed by atoms with van der Waals surface area (Å²) in [6.07, 6.45) is 0. The third-order valence-electron chi connectivity index (χ3n) is 8.01. The summed E-state index contributed by atoms with van der Waals surface area (Å²) in [5.74, 6) is -3.06. The van der Waals surface area contributed by atoms with Gasteiger partial charge in [0.25, 0.3) is 5.91 Å². The number of ether oxygens (including phenoxy) is 2. The third-order valence-corrected chi connectivity index (χ3v) is 8.01. The molecule has 1 fully saturated rings. The van der Waals surface area contributed by atoms with Crippen LogP contribution in [0.25, 0.3) is 0 Å². The van der Waals surface area contributed by atoms with Crippen LogP contribution in [0.2, 0.25) is 0 Å². The summed E-state index contributed by atoms with van der Waals surface area (Å²) in [7, 11) is 0. The number of hydrogen-bond acceptors (Lipinski definition) is 6. The Bertz CT molecular complexity index is 1370. The van der Waals surface area contributed by atoms with E-state index in [0.29, 0.717) is 18.0 Å². The van der Waals surface area contributed by atoms with Crippen LogP contribution in [-0.2, 0) is 23.9 Å². The zero-order valence-electron chi connectivity index (χ0n) is 21.6. The number of anilines is 1. The topological polar surface area (TPSA) is 102 Å². The summed E-state index contributed by atoms with van der Waals surface area (Å²) in [5.41, 5.74) is 4.77. The van der Waals surface area contributed by atoms with Gasteiger partial charge in [0.2, 0.25) is 11.8 Å². The molecule has 0 radical (unpaired) electrons. The number of amides is 3. The number of rotatable bonds is 7. The predicted molar refractivity (Wildman–Crippen MR) is 142 cm³/mol. The molecule has 1 aliphatic heterocycles. The SMILES string of the molecule is CCOc1ccc(NC(=O)COC(=O)[C@H](C)N2C(=O)[C@@H]3C4c5ccccc5C(c5ccccc54)[C@H]3C2=O)cc1. The minimum Gasteiger partial charge on any atom is -0.494 e. The highest BCUT2D eigenvalue weighted by Crippen LogP contribution is 2.61. The fraction of sp³-hybridized carbons (Fsp3) is 0.290. The Hall–Kier alpha value is -4.46. The molecule has 1 N–H and O–H groups in total. The highest BCUT2D eigenvalue weighted by molar-refractivity contribution is 6.10. The first-order valence-corrected chi connectivity index (χ1v) is 13.1. The third kappa shape index (κ3) is 3.98. The monoisotopic (exact) mass is 524 g/mol. The molecule has 0 unspecified atom stereocenters. The van der Waals surface area contributed by atoms with E-state index in [9.17, 15) is 19.2 Å². The Balaban J connectivity index is 1.17. The maximum atomic E-state index is 13.8. The number of carbonyl (C=O) groups is 4. The van der Waals surface area contributed by atoms with E-state index in [1.807, 2.05) is 55.5 Å². The average molecular weight is 525 g/mol. The van der Waals surface area contributed by atoms with Crippen LogP contribution in [-0.4, -0.2) is 47.8 Å². The van der Waals surface area contributed by atoms with Crippen molar-refractivity contribution in [3.05, 3.63) is 95.1 Å². The largest absolute Gasteiger partial charge is 0.494 e. The summed E-state index contributed by atoms with van der Waals surface area (Å²) in [4.78, 5) is 53.9. The number of esters is 1. The van der Waals surface area contributed by atoms with Gasteiger partial charge in [-0.05, 0) is 60.4 Å². The molecule has 39 heavy (non-hydrogen) atoms. The highest BCUT2D eigenvalue weighted by atomic mass is 16.5. The Kier molecular flexibility index (Phi) is 6.17. The molecule has 1 heterocycles. The molecule has 4 aliphatic rings. The number of likely N-dealkylation sites (tertiary alicyclic amines) is 1. The molecular formula is C31H28N2O6. The fourth-order valence-corrected chi connectivity index (χ4v) is 6.44. The van der Waals surface area contributed by atoms with Gasteiger partial charge in [-0.25, -0.2) is 4.79 Å². The number of benzene rings is 3. The first-order valence-electron chi connectivity index (χ1n) is 13.1. The van der Waals surface area contributed by atoms with E-state index in [-0.39, 0.29) is 23.7 Å². The van der Waals surface area contributed by atoms with Gasteiger partial charge in [-0.1, -0.05) is 48.5 Å². The highest BCUT2D eigenvalue weighted by Gasteiger charge is 2.62. The summed E-state index contributed by atoms with van der Waals surface area (Å²) in [6.45, 7) is 3.35. The molecule has 0 spiro atoms. The van der Waals surface area contributed by atoms with Gasteiger partial charge < -0.3 is 14.8 Å². The Morgan fingerprint density at radius 3 is 1.77 bits per heavy atom. The lowest BCUT2D eigenvalue weighted by Crippen LogP contribution is -2.45. The second kappa shape index (κ2) is 9.69. The molecule has 198 valence electrons. The smallest absolute Gasteiger partial charge is 0.329 e. The first kappa shape index (κ1) is 24.9. The number of hydrogen-bond donors (Lipinski definition) is 1. The molecule has 0 aromatic heterocycles. The standard InChI is InChI=1S/C31H28N2O6/c1-3-38-19-14-12-18(13-15-19)32-24(34)16-39-31(37)17(2)33-29(35)27-25-20-8-4-5-9-21(20)26(28(27)30(33)36)23-11-7-6-10-22(23)25/h4-15,17,25-28H,3,16H2,1-2H3,(H,32,34)/t17-,25?,26?,27+,28+/m0/s1. The van der Waals surface area contributed by atoms with Gasteiger partial charge in [-0.15, -0.1) is 0 Å². The summed E-state index contributed by atoms with van der Waals surface area (Å²) >= 11 is 0. The van der Waals surface area contributed by atoms with Crippen LogP contribution in [0.15, 0.2) is 72.8 Å². The zero-order valence-corrected chi connectivity index (χ0v) is 21.6. The second-order valence-electron chi connectivity index (χ2n) is 10.1. The van der Waals surface area contributed by atoms with Gasteiger partial charge in [0.1, 0.15) is 11.8 Å². The van der Waals surface area contributed by atoms with Crippen LogP contribution in [0.1, 0.15) is 47.9 Å². The van der Waals surface area contributed by atoms with Gasteiger partial charge in [0.15, 0.2) is 6.61 Å². The lowest BCUT2D eigenvalue weighted by Gasteiger charge is -2.45. The molecule has 7 rings (SSSR count). The minimum absolute atomic E-state index is 0.253. The lowest BCUT2D eigenvalue weighted by molar-refractivity contribution is -0.159. The van der Waals surface area contributed by atoms with Crippen molar-refractivity contribution in [2.45, 2.75) is 31.7 Å². The van der Waals surface area contributed by atoms with Crippen LogP contribution in [0.3, 0.4) is 0 Å². The van der Waals surface area contributed by atoms with Crippen molar-refractivity contribution in [3.63, 3.8) is 0 Å².